The highest BCUT2D eigenvalue weighted by Crippen LogP contribution is 2.20. The fourth-order valence-electron chi connectivity index (χ4n) is 2.11. The molecule has 0 aliphatic carbocycles. The average molecular weight is 313 g/mol. The van der Waals surface area contributed by atoms with Gasteiger partial charge in [-0.1, -0.05) is 26.0 Å². The second kappa shape index (κ2) is 7.68. The Morgan fingerprint density at radius 1 is 0.913 bits per heavy atom. The maximum absolute atomic E-state index is 12.2. The van der Waals surface area contributed by atoms with Crippen LogP contribution in [0.2, 0.25) is 0 Å². The minimum absolute atomic E-state index is 0.182. The zero-order valence-electron chi connectivity index (χ0n) is 14.0. The molecule has 4 heteroatoms. The van der Waals surface area contributed by atoms with Gasteiger partial charge in [0.2, 0.25) is 0 Å². The molecule has 0 heterocycles. The standard InChI is InChI=1S/C19H23NO3/c1-13(2)15-5-7-16(8-6-15)20-19(21)14(3)23-18-11-9-17(22-4)10-12-18/h5-14H,1-4H3,(H,20,21)/t14-/m1/s1. The van der Waals surface area contributed by atoms with Crippen molar-refractivity contribution in [2.24, 2.45) is 0 Å². The summed E-state index contributed by atoms with van der Waals surface area (Å²) in [6.07, 6.45) is -0.590. The van der Waals surface area contributed by atoms with E-state index < -0.39 is 6.10 Å². The molecule has 0 saturated heterocycles. The molecule has 2 aromatic carbocycles. The Hall–Kier alpha value is -2.49. The zero-order valence-corrected chi connectivity index (χ0v) is 14.0. The summed E-state index contributed by atoms with van der Waals surface area (Å²) in [6, 6.07) is 15.0. The topological polar surface area (TPSA) is 47.6 Å². The van der Waals surface area contributed by atoms with E-state index in [-0.39, 0.29) is 5.91 Å². The van der Waals surface area contributed by atoms with Crippen molar-refractivity contribution in [3.8, 4) is 11.5 Å². The zero-order chi connectivity index (χ0) is 16.8. The first-order valence-electron chi connectivity index (χ1n) is 7.71. The number of benzene rings is 2. The lowest BCUT2D eigenvalue weighted by molar-refractivity contribution is -0.122. The minimum Gasteiger partial charge on any atom is -0.497 e. The maximum Gasteiger partial charge on any atom is 0.265 e. The normalized spacial score (nSPS) is 11.9. The number of amides is 1. The highest BCUT2D eigenvalue weighted by Gasteiger charge is 2.15. The highest BCUT2D eigenvalue weighted by molar-refractivity contribution is 5.94. The van der Waals surface area contributed by atoms with Gasteiger partial charge in [-0.15, -0.1) is 0 Å². The SMILES string of the molecule is COc1ccc(O[C@H](C)C(=O)Nc2ccc(C(C)C)cc2)cc1. The third kappa shape index (κ3) is 4.74. The Balaban J connectivity index is 1.93. The molecule has 2 aromatic rings. The summed E-state index contributed by atoms with van der Waals surface area (Å²) in [5.74, 6) is 1.67. The van der Waals surface area contributed by atoms with E-state index in [9.17, 15) is 4.79 Å². The van der Waals surface area contributed by atoms with Crippen LogP contribution in [-0.4, -0.2) is 19.1 Å². The first kappa shape index (κ1) is 16.9. The van der Waals surface area contributed by atoms with Crippen molar-refractivity contribution >= 4 is 11.6 Å². The molecule has 2 rings (SSSR count). The van der Waals surface area contributed by atoms with Crippen LogP contribution in [0.25, 0.3) is 0 Å². The molecule has 4 nitrogen and oxygen atoms in total. The third-order valence-electron chi connectivity index (χ3n) is 3.59. The number of hydrogen-bond donors (Lipinski definition) is 1. The van der Waals surface area contributed by atoms with E-state index in [4.69, 9.17) is 9.47 Å². The predicted molar refractivity (Wildman–Crippen MR) is 92.2 cm³/mol. The van der Waals surface area contributed by atoms with Crippen molar-refractivity contribution in [1.82, 2.24) is 0 Å². The molecule has 0 aromatic heterocycles. The van der Waals surface area contributed by atoms with E-state index in [1.165, 1.54) is 5.56 Å². The Kier molecular flexibility index (Phi) is 5.63. The molecular formula is C19H23NO3. The van der Waals surface area contributed by atoms with Gasteiger partial charge in [-0.05, 0) is 54.8 Å². The number of nitrogens with one attached hydrogen (secondary N) is 1. The van der Waals surface area contributed by atoms with Crippen LogP contribution in [0.1, 0.15) is 32.3 Å². The monoisotopic (exact) mass is 313 g/mol. The molecule has 0 unspecified atom stereocenters. The summed E-state index contributed by atoms with van der Waals surface area (Å²) in [5.41, 5.74) is 2.01. The van der Waals surface area contributed by atoms with E-state index >= 15 is 0 Å². The summed E-state index contributed by atoms with van der Waals surface area (Å²) in [4.78, 5) is 12.2. The molecule has 1 N–H and O–H groups in total. The van der Waals surface area contributed by atoms with E-state index in [0.29, 0.717) is 11.7 Å². The first-order valence-corrected chi connectivity index (χ1v) is 7.71. The fraction of sp³-hybridized carbons (Fsp3) is 0.316. The van der Waals surface area contributed by atoms with Gasteiger partial charge >= 0.3 is 0 Å². The number of carbonyl (C=O) groups excluding carboxylic acids is 1. The average Bonchev–Trinajstić information content (AvgIpc) is 2.56. The van der Waals surface area contributed by atoms with Crippen LogP contribution in [0.5, 0.6) is 11.5 Å². The molecule has 0 fully saturated rings. The van der Waals surface area contributed by atoms with Crippen molar-refractivity contribution in [1.29, 1.82) is 0 Å². The lowest BCUT2D eigenvalue weighted by Crippen LogP contribution is -2.30. The van der Waals surface area contributed by atoms with Crippen molar-refractivity contribution in [2.45, 2.75) is 32.8 Å². The molecule has 23 heavy (non-hydrogen) atoms. The van der Waals surface area contributed by atoms with Gasteiger partial charge in [-0.3, -0.25) is 4.79 Å². The molecule has 1 amide bonds. The van der Waals surface area contributed by atoms with Crippen LogP contribution in [0.15, 0.2) is 48.5 Å². The van der Waals surface area contributed by atoms with Crippen LogP contribution >= 0.6 is 0 Å². The van der Waals surface area contributed by atoms with E-state index in [1.54, 1.807) is 38.3 Å². The minimum atomic E-state index is -0.590. The molecule has 0 aliphatic rings. The smallest absolute Gasteiger partial charge is 0.265 e. The summed E-state index contributed by atoms with van der Waals surface area (Å²) >= 11 is 0. The highest BCUT2D eigenvalue weighted by atomic mass is 16.5. The largest absolute Gasteiger partial charge is 0.497 e. The molecule has 0 bridgehead atoms. The molecule has 122 valence electrons. The van der Waals surface area contributed by atoms with Crippen LogP contribution in [-0.2, 0) is 4.79 Å². The van der Waals surface area contributed by atoms with Crippen molar-refractivity contribution < 1.29 is 14.3 Å². The van der Waals surface area contributed by atoms with E-state index in [1.807, 2.05) is 24.3 Å². The van der Waals surface area contributed by atoms with Gasteiger partial charge in [0.1, 0.15) is 11.5 Å². The van der Waals surface area contributed by atoms with Gasteiger partial charge in [-0.25, -0.2) is 0 Å². The molecule has 0 saturated carbocycles. The number of ether oxygens (including phenoxy) is 2. The van der Waals surface area contributed by atoms with E-state index in [0.717, 1.165) is 11.4 Å². The number of rotatable bonds is 6. The fourth-order valence-corrected chi connectivity index (χ4v) is 2.11. The van der Waals surface area contributed by atoms with Crippen molar-refractivity contribution in [3.63, 3.8) is 0 Å². The first-order chi connectivity index (χ1) is 11.0. The quantitative estimate of drug-likeness (QED) is 0.868. The van der Waals surface area contributed by atoms with Crippen LogP contribution in [0.3, 0.4) is 0 Å². The van der Waals surface area contributed by atoms with Gasteiger partial charge in [0, 0.05) is 5.69 Å². The van der Waals surface area contributed by atoms with Gasteiger partial charge in [0.05, 0.1) is 7.11 Å². The Bertz CT molecular complexity index is 633. The summed E-state index contributed by atoms with van der Waals surface area (Å²) in [6.45, 7) is 6.00. The van der Waals surface area contributed by atoms with Crippen LogP contribution < -0.4 is 14.8 Å². The summed E-state index contributed by atoms with van der Waals surface area (Å²) < 4.78 is 10.7. The summed E-state index contributed by atoms with van der Waals surface area (Å²) in [7, 11) is 1.61. The second-order valence-corrected chi connectivity index (χ2v) is 5.70. The lowest BCUT2D eigenvalue weighted by Gasteiger charge is -2.15. The summed E-state index contributed by atoms with van der Waals surface area (Å²) in [5, 5.41) is 2.86. The number of anilines is 1. The Labute approximate surface area is 137 Å². The van der Waals surface area contributed by atoms with Gasteiger partial charge < -0.3 is 14.8 Å². The number of hydrogen-bond acceptors (Lipinski definition) is 3. The second-order valence-electron chi connectivity index (χ2n) is 5.70. The molecule has 0 aliphatic heterocycles. The predicted octanol–water partition coefficient (Wildman–Crippen LogP) is 4.22. The molecule has 1 atom stereocenters. The van der Waals surface area contributed by atoms with Crippen LogP contribution in [0, 0.1) is 0 Å². The Morgan fingerprint density at radius 2 is 1.48 bits per heavy atom. The lowest BCUT2D eigenvalue weighted by atomic mass is 10.0. The molecule has 0 radical (unpaired) electrons. The van der Waals surface area contributed by atoms with Crippen molar-refractivity contribution in [3.05, 3.63) is 54.1 Å². The van der Waals surface area contributed by atoms with Crippen molar-refractivity contribution in [2.75, 3.05) is 12.4 Å². The van der Waals surface area contributed by atoms with E-state index in [2.05, 4.69) is 19.2 Å². The van der Waals surface area contributed by atoms with Crippen LogP contribution in [0.4, 0.5) is 5.69 Å². The maximum atomic E-state index is 12.2. The molecular weight excluding hydrogens is 290 g/mol. The molecule has 0 spiro atoms. The third-order valence-corrected chi connectivity index (χ3v) is 3.59. The Morgan fingerprint density at radius 3 is 2.00 bits per heavy atom. The number of methoxy groups -OCH3 is 1. The van der Waals surface area contributed by atoms with Gasteiger partial charge in [0.25, 0.3) is 5.91 Å². The number of carbonyl (C=O) groups is 1. The van der Waals surface area contributed by atoms with Gasteiger partial charge in [-0.2, -0.15) is 0 Å². The van der Waals surface area contributed by atoms with Gasteiger partial charge in [0.15, 0.2) is 6.10 Å².